The summed E-state index contributed by atoms with van der Waals surface area (Å²) < 4.78 is 41.0. The van der Waals surface area contributed by atoms with Crippen molar-refractivity contribution in [2.24, 2.45) is 0 Å². The summed E-state index contributed by atoms with van der Waals surface area (Å²) in [5, 5.41) is 8.76. The van der Waals surface area contributed by atoms with Gasteiger partial charge in [0, 0.05) is 19.5 Å². The number of aromatic nitrogens is 2. The number of hydrogen-bond donors (Lipinski definition) is 1. The van der Waals surface area contributed by atoms with Crippen LogP contribution in [0, 0.1) is 18.8 Å². The van der Waals surface area contributed by atoms with Gasteiger partial charge in [-0.25, -0.2) is 28.3 Å². The zero-order chi connectivity index (χ0) is 28.9. The second-order valence-electron chi connectivity index (χ2n) is 7.01. The Labute approximate surface area is 262 Å². The number of nitrogens with zero attached hydrogens (tertiary/aromatic N) is 2. The molecule has 1 N–H and O–H groups in total. The van der Waals surface area contributed by atoms with Crippen LogP contribution in [0.2, 0.25) is 5.15 Å². The van der Waals surface area contributed by atoms with Crippen molar-refractivity contribution in [3.63, 3.8) is 0 Å². The maximum absolute atomic E-state index is 12.8. The Balaban J connectivity index is 0.000000326. The number of hydrogen-bond acceptors (Lipinski definition) is 8. The molecule has 0 amide bonds. The van der Waals surface area contributed by atoms with E-state index in [0.717, 1.165) is 7.14 Å². The smallest absolute Gasteiger partial charge is 0.343 e. The third-order valence-electron chi connectivity index (χ3n) is 4.29. The summed E-state index contributed by atoms with van der Waals surface area (Å²) in [5.41, 5.74) is 0.518. The Morgan fingerprint density at radius 1 is 0.800 bits per heavy atom. The fourth-order valence-electron chi connectivity index (χ4n) is 2.50. The fourth-order valence-corrected chi connectivity index (χ4v) is 3.58. The first-order chi connectivity index (χ1) is 18.5. The van der Waals surface area contributed by atoms with Crippen LogP contribution in [0.5, 0.6) is 17.4 Å². The molecule has 2 heterocycles. The number of aromatic hydroxyl groups is 1. The minimum absolute atomic E-state index is 0. The van der Waals surface area contributed by atoms with Crippen LogP contribution in [0.3, 0.4) is 0 Å². The second kappa shape index (κ2) is 17.6. The number of phenols is 1. The summed E-state index contributed by atoms with van der Waals surface area (Å²) in [4.78, 5) is 30.5. The van der Waals surface area contributed by atoms with Crippen LogP contribution in [0.1, 0.15) is 28.1 Å². The second-order valence-corrected chi connectivity index (χ2v) is 9.86. The lowest BCUT2D eigenvalue weighted by Crippen LogP contribution is -2.05. The van der Waals surface area contributed by atoms with E-state index in [1.807, 2.05) is 45.2 Å². The Hall–Kier alpha value is -3.11. The number of halogens is 5. The molecule has 4 aromatic rings. The van der Waals surface area contributed by atoms with Crippen molar-refractivity contribution in [2.75, 3.05) is 14.2 Å². The quantitative estimate of drug-likeness (QED) is 0.127. The summed E-state index contributed by atoms with van der Waals surface area (Å²) in [6.45, 7) is 0. The summed E-state index contributed by atoms with van der Waals surface area (Å²) in [6.07, 6.45) is 3.14. The minimum atomic E-state index is -0.539. The average Bonchev–Trinajstić information content (AvgIpc) is 2.93. The molecule has 0 atom stereocenters. The van der Waals surface area contributed by atoms with Gasteiger partial charge in [-0.05, 0) is 106 Å². The van der Waals surface area contributed by atoms with Crippen LogP contribution in [0.4, 0.5) is 8.78 Å². The van der Waals surface area contributed by atoms with E-state index in [-0.39, 0.29) is 41.4 Å². The van der Waals surface area contributed by atoms with Gasteiger partial charge in [-0.3, -0.25) is 0 Å². The van der Waals surface area contributed by atoms with Gasteiger partial charge in [0.2, 0.25) is 5.88 Å². The molecule has 40 heavy (non-hydrogen) atoms. The largest absolute Gasteiger partial charge is 0.508 e. The van der Waals surface area contributed by atoms with E-state index in [1.165, 1.54) is 62.8 Å². The van der Waals surface area contributed by atoms with Crippen LogP contribution in [0.25, 0.3) is 0 Å². The highest BCUT2D eigenvalue weighted by atomic mass is 127. The van der Waals surface area contributed by atoms with Crippen molar-refractivity contribution in [3.8, 4) is 17.4 Å². The predicted molar refractivity (Wildman–Crippen MR) is 163 cm³/mol. The van der Waals surface area contributed by atoms with E-state index in [1.54, 1.807) is 24.5 Å². The summed E-state index contributed by atoms with van der Waals surface area (Å²) >= 11 is 9.73. The van der Waals surface area contributed by atoms with E-state index in [0.29, 0.717) is 11.3 Å². The molecule has 0 aliphatic heterocycles. The number of esters is 2. The molecule has 0 saturated heterocycles. The van der Waals surface area contributed by atoms with Crippen molar-refractivity contribution >= 4 is 68.7 Å². The first-order valence-corrected chi connectivity index (χ1v) is 13.1. The van der Waals surface area contributed by atoms with Gasteiger partial charge in [0.25, 0.3) is 0 Å². The molecule has 13 heteroatoms. The molecule has 4 rings (SSSR count). The maximum atomic E-state index is 12.8. The van der Waals surface area contributed by atoms with Gasteiger partial charge in [-0.1, -0.05) is 19.0 Å². The molecule has 0 radical (unpaired) electrons. The van der Waals surface area contributed by atoms with E-state index in [9.17, 15) is 18.4 Å². The van der Waals surface area contributed by atoms with Crippen LogP contribution in [-0.4, -0.2) is 41.2 Å². The predicted octanol–water partition coefficient (Wildman–Crippen LogP) is 7.70. The molecule has 0 saturated carbocycles. The minimum Gasteiger partial charge on any atom is -0.508 e. The van der Waals surface area contributed by atoms with Crippen molar-refractivity contribution in [3.05, 3.63) is 108 Å². The average molecular weight is 799 g/mol. The highest BCUT2D eigenvalue weighted by Gasteiger charge is 2.16. The molecule has 0 fully saturated rings. The van der Waals surface area contributed by atoms with Crippen LogP contribution in [-0.2, 0) is 9.47 Å². The molecule has 0 aliphatic carbocycles. The van der Waals surface area contributed by atoms with Gasteiger partial charge < -0.3 is 19.3 Å². The molecular formula is C27H23ClF2I2N2O6. The summed E-state index contributed by atoms with van der Waals surface area (Å²) in [7, 11) is 2.59. The molecule has 0 bridgehead atoms. The van der Waals surface area contributed by atoms with E-state index in [2.05, 4.69) is 19.4 Å². The number of ether oxygens (including phenoxy) is 3. The van der Waals surface area contributed by atoms with E-state index < -0.39 is 11.9 Å². The number of rotatable bonds is 4. The highest BCUT2D eigenvalue weighted by Crippen LogP contribution is 2.25. The third kappa shape index (κ3) is 11.6. The Morgan fingerprint density at radius 3 is 1.75 bits per heavy atom. The van der Waals surface area contributed by atoms with Crippen LogP contribution < -0.4 is 4.74 Å². The van der Waals surface area contributed by atoms with Crippen molar-refractivity contribution in [2.45, 2.75) is 7.43 Å². The summed E-state index contributed by atoms with van der Waals surface area (Å²) in [5.74, 6) is -1.10. The first kappa shape index (κ1) is 34.9. The first-order valence-electron chi connectivity index (χ1n) is 10.5. The number of benzene rings is 2. The molecule has 8 nitrogen and oxygen atoms in total. The molecule has 0 aliphatic rings. The third-order valence-corrected chi connectivity index (χ3v) is 5.77. The number of carbonyl (C=O) groups is 2. The van der Waals surface area contributed by atoms with E-state index >= 15 is 0 Å². The maximum Gasteiger partial charge on any atom is 0.343 e. The van der Waals surface area contributed by atoms with Crippen molar-refractivity contribution in [1.82, 2.24) is 9.97 Å². The van der Waals surface area contributed by atoms with Gasteiger partial charge in [-0.2, -0.15) is 0 Å². The van der Waals surface area contributed by atoms with Crippen LogP contribution >= 0.6 is 56.8 Å². The molecule has 212 valence electrons. The lowest BCUT2D eigenvalue weighted by Gasteiger charge is -2.09. The fraction of sp³-hybridized carbons (Fsp3) is 0.111. The van der Waals surface area contributed by atoms with Crippen molar-refractivity contribution < 1.29 is 37.7 Å². The van der Waals surface area contributed by atoms with Crippen LogP contribution in [0.15, 0.2) is 73.1 Å². The lowest BCUT2D eigenvalue weighted by atomic mass is 10.2. The zero-order valence-corrected chi connectivity index (χ0v) is 25.3. The Bertz CT molecular complexity index is 1390. The summed E-state index contributed by atoms with van der Waals surface area (Å²) in [6, 6.07) is 13.7. The molecule has 2 aromatic carbocycles. The van der Waals surface area contributed by atoms with Gasteiger partial charge in [0.05, 0.1) is 19.8 Å². The van der Waals surface area contributed by atoms with Gasteiger partial charge in [0.15, 0.2) is 0 Å². The number of carbonyl (C=O) groups excluding carboxylic acids is 2. The lowest BCUT2D eigenvalue weighted by molar-refractivity contribution is 0.0589. The normalized spacial score (nSPS) is 9.47. The standard InChI is InChI=1S/C13H9FINO3.C7H5ClINO2.C6H5FO.CH4/c1-18-13(17)11-6-9(15)7-16-12(11)19-10-4-2-8(14)3-5-10;1-12-7(11)5-2-4(9)3-10-6(5)8;7-5-1-3-6(8)4-2-5;/h2-7H,1H3;2-3H,1H3;1-4,8H;1H4. The number of phenolic OH excluding ortho intramolecular Hbond substituents is 1. The molecular weight excluding hydrogens is 776 g/mol. The molecule has 0 spiro atoms. The monoisotopic (exact) mass is 798 g/mol. The Morgan fingerprint density at radius 2 is 1.25 bits per heavy atom. The van der Waals surface area contributed by atoms with Gasteiger partial charge in [-0.15, -0.1) is 0 Å². The van der Waals surface area contributed by atoms with Gasteiger partial charge >= 0.3 is 11.9 Å². The number of pyridine rings is 2. The highest BCUT2D eigenvalue weighted by molar-refractivity contribution is 14.1. The molecule has 2 aromatic heterocycles. The van der Waals surface area contributed by atoms with Gasteiger partial charge in [0.1, 0.15) is 33.9 Å². The molecule has 0 unspecified atom stereocenters. The zero-order valence-electron chi connectivity index (χ0n) is 20.2. The Kier molecular flexibility index (Phi) is 15.3. The van der Waals surface area contributed by atoms with Crippen molar-refractivity contribution in [1.29, 1.82) is 0 Å². The van der Waals surface area contributed by atoms with E-state index in [4.69, 9.17) is 21.4 Å². The number of methoxy groups -OCH3 is 2. The SMILES string of the molecule is C.COC(=O)c1cc(I)cnc1Cl.COC(=O)c1cc(I)cnc1Oc1ccc(F)cc1.Oc1ccc(F)cc1. The topological polar surface area (TPSA) is 108 Å².